The average Bonchev–Trinajstić information content (AvgIpc) is 2.46. The molecule has 7 heteroatoms. The lowest BCUT2D eigenvalue weighted by Crippen LogP contribution is -2.59. The lowest BCUT2D eigenvalue weighted by molar-refractivity contribution is -0.301. The molecule has 1 aliphatic heterocycles. The van der Waals surface area contributed by atoms with Crippen molar-refractivity contribution < 1.29 is 34.7 Å². The Morgan fingerprint density at radius 3 is 2.43 bits per heavy atom. The standard InChI is InChI=1S/C14H26O7/c1-8(9(2)16)5-3-4-6-20-14-13(19)12(18)11(17)10(7-15)21-14/h8,10-15,17-19H,3-7H2,1-2H3/t8-,10?,11-,12-,13?,14+/m0/s1. The van der Waals surface area contributed by atoms with Crippen molar-refractivity contribution >= 4 is 5.78 Å². The highest BCUT2D eigenvalue weighted by Gasteiger charge is 2.43. The summed E-state index contributed by atoms with van der Waals surface area (Å²) in [5.74, 6) is 0.183. The summed E-state index contributed by atoms with van der Waals surface area (Å²) >= 11 is 0. The van der Waals surface area contributed by atoms with E-state index in [4.69, 9.17) is 14.6 Å². The van der Waals surface area contributed by atoms with Crippen LogP contribution in [0.3, 0.4) is 0 Å². The first-order chi connectivity index (χ1) is 9.88. The number of unbranched alkanes of at least 4 members (excludes halogenated alkanes) is 1. The van der Waals surface area contributed by atoms with Gasteiger partial charge in [-0.1, -0.05) is 13.3 Å². The molecule has 0 aromatic rings. The first-order valence-corrected chi connectivity index (χ1v) is 7.31. The summed E-state index contributed by atoms with van der Waals surface area (Å²) in [5.41, 5.74) is 0. The van der Waals surface area contributed by atoms with Gasteiger partial charge in [0.2, 0.25) is 0 Å². The Balaban J connectivity index is 2.29. The number of ketones is 1. The summed E-state index contributed by atoms with van der Waals surface area (Å²) in [4.78, 5) is 11.1. The molecule has 0 aromatic heterocycles. The van der Waals surface area contributed by atoms with Crippen molar-refractivity contribution in [2.75, 3.05) is 13.2 Å². The van der Waals surface area contributed by atoms with Gasteiger partial charge in [-0.2, -0.15) is 0 Å². The maximum absolute atomic E-state index is 11.1. The normalized spacial score (nSPS) is 34.7. The second-order valence-corrected chi connectivity index (χ2v) is 5.58. The van der Waals surface area contributed by atoms with Crippen molar-refractivity contribution in [3.8, 4) is 0 Å². The molecule has 1 aliphatic rings. The number of hydrogen-bond acceptors (Lipinski definition) is 7. The van der Waals surface area contributed by atoms with Crippen LogP contribution in [0, 0.1) is 5.92 Å². The molecule has 4 N–H and O–H groups in total. The molecule has 0 bridgehead atoms. The molecule has 0 saturated carbocycles. The van der Waals surface area contributed by atoms with Gasteiger partial charge in [0.15, 0.2) is 6.29 Å². The van der Waals surface area contributed by atoms with E-state index in [0.717, 1.165) is 12.8 Å². The first kappa shape index (κ1) is 18.5. The zero-order valence-electron chi connectivity index (χ0n) is 12.5. The minimum atomic E-state index is -1.42. The fourth-order valence-corrected chi connectivity index (χ4v) is 2.16. The summed E-state index contributed by atoms with van der Waals surface area (Å²) in [5, 5.41) is 38.0. The van der Waals surface area contributed by atoms with E-state index in [1.54, 1.807) is 6.92 Å². The lowest BCUT2D eigenvalue weighted by atomic mass is 9.99. The Hall–Kier alpha value is -0.570. The topological polar surface area (TPSA) is 116 Å². The third-order valence-corrected chi connectivity index (χ3v) is 3.86. The lowest BCUT2D eigenvalue weighted by Gasteiger charge is -2.39. The predicted octanol–water partition coefficient (Wildman–Crippen LogP) is -0.802. The van der Waals surface area contributed by atoms with Gasteiger partial charge in [0.05, 0.1) is 6.61 Å². The van der Waals surface area contributed by atoms with Gasteiger partial charge in [-0.3, -0.25) is 4.79 Å². The third-order valence-electron chi connectivity index (χ3n) is 3.86. The Morgan fingerprint density at radius 1 is 1.19 bits per heavy atom. The summed E-state index contributed by atoms with van der Waals surface area (Å²) in [7, 11) is 0. The molecule has 124 valence electrons. The highest BCUT2D eigenvalue weighted by Crippen LogP contribution is 2.22. The summed E-state index contributed by atoms with van der Waals surface area (Å²) in [6.45, 7) is 3.27. The molecular formula is C14H26O7. The number of aliphatic hydroxyl groups excluding tert-OH is 4. The van der Waals surface area contributed by atoms with Crippen molar-refractivity contribution in [3.05, 3.63) is 0 Å². The number of Topliss-reactive ketones (excluding diaryl/α,β-unsaturated/α-hetero) is 1. The largest absolute Gasteiger partial charge is 0.394 e. The number of hydrogen-bond donors (Lipinski definition) is 4. The van der Waals surface area contributed by atoms with Crippen LogP contribution in [0.1, 0.15) is 33.1 Å². The molecule has 0 radical (unpaired) electrons. The molecule has 0 spiro atoms. The first-order valence-electron chi connectivity index (χ1n) is 7.31. The summed E-state index contributed by atoms with van der Waals surface area (Å²) in [6, 6.07) is 0. The zero-order chi connectivity index (χ0) is 16.0. The minimum absolute atomic E-state index is 0.0252. The second-order valence-electron chi connectivity index (χ2n) is 5.58. The molecule has 0 aromatic carbocycles. The van der Waals surface area contributed by atoms with Gasteiger partial charge in [0, 0.05) is 12.5 Å². The van der Waals surface area contributed by atoms with E-state index in [1.165, 1.54) is 0 Å². The maximum Gasteiger partial charge on any atom is 0.186 e. The molecule has 1 rings (SSSR count). The van der Waals surface area contributed by atoms with E-state index in [2.05, 4.69) is 0 Å². The molecule has 21 heavy (non-hydrogen) atoms. The van der Waals surface area contributed by atoms with Crippen LogP contribution in [0.4, 0.5) is 0 Å². The van der Waals surface area contributed by atoms with Gasteiger partial charge in [0.1, 0.15) is 30.2 Å². The van der Waals surface area contributed by atoms with Crippen LogP contribution >= 0.6 is 0 Å². The van der Waals surface area contributed by atoms with Gasteiger partial charge >= 0.3 is 0 Å². The highest BCUT2D eigenvalue weighted by molar-refractivity contribution is 5.77. The molecule has 7 nitrogen and oxygen atoms in total. The van der Waals surface area contributed by atoms with Crippen LogP contribution < -0.4 is 0 Å². The number of rotatable bonds is 8. The van der Waals surface area contributed by atoms with Crippen molar-refractivity contribution in [2.45, 2.75) is 63.8 Å². The average molecular weight is 306 g/mol. The molecule has 1 heterocycles. The molecular weight excluding hydrogens is 280 g/mol. The quantitative estimate of drug-likeness (QED) is 0.434. The van der Waals surface area contributed by atoms with Gasteiger partial charge < -0.3 is 29.9 Å². The smallest absolute Gasteiger partial charge is 0.186 e. The van der Waals surface area contributed by atoms with Gasteiger partial charge in [0.25, 0.3) is 0 Å². The van der Waals surface area contributed by atoms with Gasteiger partial charge in [-0.25, -0.2) is 0 Å². The Kier molecular flexibility index (Phi) is 7.72. The van der Waals surface area contributed by atoms with Crippen LogP contribution in [0.2, 0.25) is 0 Å². The van der Waals surface area contributed by atoms with Gasteiger partial charge in [-0.15, -0.1) is 0 Å². The van der Waals surface area contributed by atoms with E-state index >= 15 is 0 Å². The van der Waals surface area contributed by atoms with Crippen LogP contribution in [0.15, 0.2) is 0 Å². The zero-order valence-corrected chi connectivity index (χ0v) is 12.5. The van der Waals surface area contributed by atoms with Gasteiger partial charge in [-0.05, 0) is 19.8 Å². The number of carbonyl (C=O) groups excluding carboxylic acids is 1. The minimum Gasteiger partial charge on any atom is -0.394 e. The fourth-order valence-electron chi connectivity index (χ4n) is 2.16. The molecule has 0 amide bonds. The van der Waals surface area contributed by atoms with Crippen LogP contribution in [0.5, 0.6) is 0 Å². The number of ether oxygens (including phenoxy) is 2. The molecule has 2 unspecified atom stereocenters. The Morgan fingerprint density at radius 2 is 1.86 bits per heavy atom. The van der Waals surface area contributed by atoms with Crippen molar-refractivity contribution in [1.82, 2.24) is 0 Å². The van der Waals surface area contributed by atoms with Crippen LogP contribution in [-0.2, 0) is 14.3 Å². The third kappa shape index (κ3) is 5.28. The highest BCUT2D eigenvalue weighted by atomic mass is 16.7. The van der Waals surface area contributed by atoms with Crippen molar-refractivity contribution in [3.63, 3.8) is 0 Å². The molecule has 6 atom stereocenters. The van der Waals surface area contributed by atoms with E-state index in [0.29, 0.717) is 13.0 Å². The Bertz CT molecular complexity index is 320. The van der Waals surface area contributed by atoms with E-state index < -0.39 is 37.3 Å². The van der Waals surface area contributed by atoms with E-state index in [9.17, 15) is 20.1 Å². The number of aliphatic hydroxyl groups is 4. The monoisotopic (exact) mass is 306 g/mol. The van der Waals surface area contributed by atoms with E-state index in [1.807, 2.05) is 6.92 Å². The predicted molar refractivity (Wildman–Crippen MR) is 73.4 cm³/mol. The summed E-state index contributed by atoms with van der Waals surface area (Å²) in [6.07, 6.45) is -3.92. The van der Waals surface area contributed by atoms with Crippen LogP contribution in [0.25, 0.3) is 0 Å². The SMILES string of the molecule is CC(=O)[C@@H](C)CCCCO[C@@H]1OC(CO)[C@H](O)[C@H](O)C1O. The number of carbonyl (C=O) groups is 1. The van der Waals surface area contributed by atoms with Crippen LogP contribution in [-0.4, -0.2) is 70.1 Å². The van der Waals surface area contributed by atoms with Crippen molar-refractivity contribution in [2.24, 2.45) is 5.92 Å². The maximum atomic E-state index is 11.1. The molecule has 1 fully saturated rings. The fraction of sp³-hybridized carbons (Fsp3) is 0.929. The van der Waals surface area contributed by atoms with E-state index in [-0.39, 0.29) is 11.7 Å². The summed E-state index contributed by atoms with van der Waals surface area (Å²) < 4.78 is 10.6. The Labute approximate surface area is 124 Å². The second kappa shape index (κ2) is 8.77. The molecule has 0 aliphatic carbocycles. The molecule has 1 saturated heterocycles. The van der Waals surface area contributed by atoms with Crippen molar-refractivity contribution in [1.29, 1.82) is 0 Å².